The molecule has 0 aliphatic carbocycles. The van der Waals surface area contributed by atoms with Gasteiger partial charge in [0.2, 0.25) is 5.91 Å². The van der Waals surface area contributed by atoms with Crippen molar-refractivity contribution in [3.05, 3.63) is 70.9 Å². The summed E-state index contributed by atoms with van der Waals surface area (Å²) in [6, 6.07) is 11.2. The van der Waals surface area contributed by atoms with Crippen LogP contribution in [0.2, 0.25) is 0 Å². The third-order valence-electron chi connectivity index (χ3n) is 3.73. The molecule has 1 atom stereocenters. The number of nitrogens with one attached hydrogen (secondary N) is 2. The fourth-order valence-electron chi connectivity index (χ4n) is 2.38. The molecule has 2 aromatic heterocycles. The number of rotatable bonds is 6. The van der Waals surface area contributed by atoms with Crippen molar-refractivity contribution in [2.45, 2.75) is 13.0 Å². The van der Waals surface area contributed by atoms with Crippen LogP contribution in [0.15, 0.2) is 60.5 Å². The van der Waals surface area contributed by atoms with E-state index < -0.39 is 0 Å². The first-order chi connectivity index (χ1) is 12.1. The summed E-state index contributed by atoms with van der Waals surface area (Å²) < 4.78 is 1.91. The number of carbonyl (C=O) groups is 2. The van der Waals surface area contributed by atoms with Gasteiger partial charge in [-0.15, -0.1) is 11.3 Å². The molecule has 7 heteroatoms. The number of hydrogen-bond acceptors (Lipinski definition) is 4. The molecular weight excluding hydrogens is 336 g/mol. The van der Waals surface area contributed by atoms with Crippen LogP contribution in [0, 0.1) is 0 Å². The summed E-state index contributed by atoms with van der Waals surface area (Å²) in [5, 5.41) is 7.32. The Balaban J connectivity index is 1.52. The predicted molar refractivity (Wildman–Crippen MR) is 96.8 cm³/mol. The predicted octanol–water partition coefficient (Wildman–Crippen LogP) is 2.54. The molecule has 2 heterocycles. The highest BCUT2D eigenvalue weighted by atomic mass is 32.1. The lowest BCUT2D eigenvalue weighted by Gasteiger charge is -2.15. The van der Waals surface area contributed by atoms with E-state index in [4.69, 9.17) is 0 Å². The van der Waals surface area contributed by atoms with Crippen LogP contribution >= 0.6 is 11.3 Å². The molecule has 0 aliphatic heterocycles. The van der Waals surface area contributed by atoms with Crippen molar-refractivity contribution in [2.24, 2.45) is 0 Å². The van der Waals surface area contributed by atoms with Gasteiger partial charge in [-0.2, -0.15) is 0 Å². The van der Waals surface area contributed by atoms with E-state index >= 15 is 0 Å². The number of carbonyl (C=O) groups excluding carboxylic acids is 2. The van der Waals surface area contributed by atoms with Gasteiger partial charge in [-0.3, -0.25) is 9.59 Å². The number of aromatic nitrogens is 2. The minimum atomic E-state index is -0.234. The standard InChI is InChI=1S/C18H18N4O2S/c1-13(14-4-6-15(7-5-14)22-9-8-19-12-22)21-17(23)11-20-18(24)16-3-2-10-25-16/h2-10,12-13H,11H2,1H3,(H,20,24)(H,21,23)/t13-/m1/s1. The molecule has 0 saturated heterocycles. The Labute approximate surface area is 149 Å². The molecule has 0 aliphatic rings. The maximum Gasteiger partial charge on any atom is 0.261 e. The van der Waals surface area contributed by atoms with Crippen molar-refractivity contribution in [2.75, 3.05) is 6.54 Å². The summed E-state index contributed by atoms with van der Waals surface area (Å²) in [4.78, 5) is 28.5. The zero-order chi connectivity index (χ0) is 17.6. The zero-order valence-electron chi connectivity index (χ0n) is 13.7. The lowest BCUT2D eigenvalue weighted by molar-refractivity contribution is -0.120. The lowest BCUT2D eigenvalue weighted by Crippen LogP contribution is -2.37. The first-order valence-electron chi connectivity index (χ1n) is 7.83. The number of thiophene rings is 1. The summed E-state index contributed by atoms with van der Waals surface area (Å²) in [7, 11) is 0. The highest BCUT2D eigenvalue weighted by Crippen LogP contribution is 2.15. The van der Waals surface area contributed by atoms with E-state index in [0.717, 1.165) is 11.3 Å². The topological polar surface area (TPSA) is 76.0 Å². The third-order valence-corrected chi connectivity index (χ3v) is 4.60. The smallest absolute Gasteiger partial charge is 0.261 e. The Morgan fingerprint density at radius 3 is 2.68 bits per heavy atom. The van der Waals surface area contributed by atoms with Crippen molar-refractivity contribution in [3.8, 4) is 5.69 Å². The molecule has 3 rings (SSSR count). The highest BCUT2D eigenvalue weighted by molar-refractivity contribution is 7.12. The largest absolute Gasteiger partial charge is 0.348 e. The SMILES string of the molecule is C[C@@H](NC(=O)CNC(=O)c1cccs1)c1ccc(-n2ccnc2)cc1. The molecule has 0 fully saturated rings. The first kappa shape index (κ1) is 16.9. The molecule has 25 heavy (non-hydrogen) atoms. The zero-order valence-corrected chi connectivity index (χ0v) is 14.5. The molecule has 1 aromatic carbocycles. The molecule has 0 bridgehead atoms. The van der Waals surface area contributed by atoms with Gasteiger partial charge < -0.3 is 15.2 Å². The van der Waals surface area contributed by atoms with Gasteiger partial charge in [0.25, 0.3) is 5.91 Å². The summed E-state index contributed by atoms with van der Waals surface area (Å²) in [5.74, 6) is -0.460. The molecule has 0 unspecified atom stereocenters. The minimum absolute atomic E-state index is 0.0474. The van der Waals surface area contributed by atoms with Gasteiger partial charge in [0.1, 0.15) is 0 Å². The summed E-state index contributed by atoms with van der Waals surface area (Å²) >= 11 is 1.34. The van der Waals surface area contributed by atoms with Crippen LogP contribution in [-0.4, -0.2) is 27.9 Å². The molecular formula is C18H18N4O2S. The summed E-state index contributed by atoms with van der Waals surface area (Å²) in [6.45, 7) is 1.86. The average molecular weight is 354 g/mol. The van der Waals surface area contributed by atoms with E-state index in [1.807, 2.05) is 47.3 Å². The van der Waals surface area contributed by atoms with Gasteiger partial charge in [-0.25, -0.2) is 4.98 Å². The second-order valence-corrected chi connectivity index (χ2v) is 6.46. The van der Waals surface area contributed by atoms with Gasteiger partial charge in [0.05, 0.1) is 23.8 Å². The van der Waals surface area contributed by atoms with Crippen molar-refractivity contribution in [3.63, 3.8) is 0 Å². The van der Waals surface area contributed by atoms with Gasteiger partial charge in [-0.05, 0) is 36.1 Å². The van der Waals surface area contributed by atoms with Crippen molar-refractivity contribution >= 4 is 23.2 Å². The number of hydrogen-bond donors (Lipinski definition) is 2. The molecule has 2 amide bonds. The number of amides is 2. The number of imidazole rings is 1. The van der Waals surface area contributed by atoms with Crippen LogP contribution in [-0.2, 0) is 4.79 Å². The minimum Gasteiger partial charge on any atom is -0.348 e. The Morgan fingerprint density at radius 1 is 1.24 bits per heavy atom. The second kappa shape index (κ2) is 7.76. The van der Waals surface area contributed by atoms with E-state index in [0.29, 0.717) is 4.88 Å². The van der Waals surface area contributed by atoms with Gasteiger partial charge >= 0.3 is 0 Å². The van der Waals surface area contributed by atoms with Crippen LogP contribution in [0.1, 0.15) is 28.2 Å². The lowest BCUT2D eigenvalue weighted by atomic mass is 10.1. The fraction of sp³-hybridized carbons (Fsp3) is 0.167. The van der Waals surface area contributed by atoms with Gasteiger partial charge in [0, 0.05) is 18.1 Å². The monoisotopic (exact) mass is 354 g/mol. The summed E-state index contributed by atoms with van der Waals surface area (Å²) in [5.41, 5.74) is 1.99. The maximum absolute atomic E-state index is 12.0. The van der Waals surface area contributed by atoms with Crippen molar-refractivity contribution < 1.29 is 9.59 Å². The fourth-order valence-corrected chi connectivity index (χ4v) is 3.02. The molecule has 0 saturated carbocycles. The number of benzene rings is 1. The molecule has 128 valence electrons. The maximum atomic E-state index is 12.0. The number of nitrogens with zero attached hydrogens (tertiary/aromatic N) is 2. The molecule has 2 N–H and O–H groups in total. The van der Waals surface area contributed by atoms with E-state index in [9.17, 15) is 9.59 Å². The van der Waals surface area contributed by atoms with Crippen LogP contribution in [0.25, 0.3) is 5.69 Å². The van der Waals surface area contributed by atoms with Gasteiger partial charge in [-0.1, -0.05) is 18.2 Å². The molecule has 3 aromatic rings. The highest BCUT2D eigenvalue weighted by Gasteiger charge is 2.12. The molecule has 0 radical (unpaired) electrons. The van der Waals surface area contributed by atoms with Crippen molar-refractivity contribution in [1.29, 1.82) is 0 Å². The van der Waals surface area contributed by atoms with Crippen LogP contribution < -0.4 is 10.6 Å². The van der Waals surface area contributed by atoms with E-state index in [-0.39, 0.29) is 24.4 Å². The van der Waals surface area contributed by atoms with E-state index in [1.54, 1.807) is 24.7 Å². The Morgan fingerprint density at radius 2 is 2.04 bits per heavy atom. The van der Waals surface area contributed by atoms with E-state index in [1.165, 1.54) is 11.3 Å². The van der Waals surface area contributed by atoms with Crippen LogP contribution in [0.5, 0.6) is 0 Å². The Hall–Kier alpha value is -2.93. The molecule has 0 spiro atoms. The van der Waals surface area contributed by atoms with E-state index in [2.05, 4.69) is 15.6 Å². The third kappa shape index (κ3) is 4.33. The average Bonchev–Trinajstić information content (AvgIpc) is 3.33. The van der Waals surface area contributed by atoms with Crippen LogP contribution in [0.4, 0.5) is 0 Å². The first-order valence-corrected chi connectivity index (χ1v) is 8.71. The summed E-state index contributed by atoms with van der Waals surface area (Å²) in [6.07, 6.45) is 5.33. The Bertz CT molecular complexity index is 827. The molecule has 6 nitrogen and oxygen atoms in total. The normalized spacial score (nSPS) is 11.7. The second-order valence-electron chi connectivity index (χ2n) is 5.51. The quantitative estimate of drug-likeness (QED) is 0.714. The van der Waals surface area contributed by atoms with Crippen molar-refractivity contribution in [1.82, 2.24) is 20.2 Å². The Kier molecular flexibility index (Phi) is 5.25. The van der Waals surface area contributed by atoms with Crippen LogP contribution in [0.3, 0.4) is 0 Å². The van der Waals surface area contributed by atoms with Gasteiger partial charge in [0.15, 0.2) is 0 Å².